The SMILES string of the molecule is CCCCC(C(=O)O)N1C=CCC1. The molecule has 0 amide bonds. The minimum atomic E-state index is -0.694. The van der Waals surface area contributed by atoms with E-state index >= 15 is 0 Å². The lowest BCUT2D eigenvalue weighted by atomic mass is 10.1. The number of hydrogen-bond donors (Lipinski definition) is 1. The van der Waals surface area contributed by atoms with Crippen molar-refractivity contribution in [3.8, 4) is 0 Å². The molecular formula is C10H17NO2. The molecule has 3 heteroatoms. The first-order valence-electron chi connectivity index (χ1n) is 4.91. The third-order valence-electron chi connectivity index (χ3n) is 2.37. The van der Waals surface area contributed by atoms with Gasteiger partial charge in [0, 0.05) is 6.54 Å². The maximum atomic E-state index is 10.9. The van der Waals surface area contributed by atoms with E-state index in [0.29, 0.717) is 0 Å². The van der Waals surface area contributed by atoms with E-state index in [-0.39, 0.29) is 6.04 Å². The van der Waals surface area contributed by atoms with Crippen LogP contribution in [0, 0.1) is 0 Å². The third kappa shape index (κ3) is 2.76. The van der Waals surface area contributed by atoms with Gasteiger partial charge in [-0.1, -0.05) is 25.8 Å². The van der Waals surface area contributed by atoms with E-state index in [1.807, 2.05) is 17.2 Å². The molecule has 0 saturated carbocycles. The van der Waals surface area contributed by atoms with Crippen LogP contribution in [0.4, 0.5) is 0 Å². The first-order chi connectivity index (χ1) is 6.25. The predicted octanol–water partition coefficient (Wildman–Crippen LogP) is 1.85. The second kappa shape index (κ2) is 4.90. The second-order valence-corrected chi connectivity index (χ2v) is 3.41. The van der Waals surface area contributed by atoms with Gasteiger partial charge in [0.25, 0.3) is 0 Å². The Balaban J connectivity index is 2.46. The molecule has 0 saturated heterocycles. The molecule has 1 heterocycles. The predicted molar refractivity (Wildman–Crippen MR) is 51.4 cm³/mol. The normalized spacial score (nSPS) is 17.8. The van der Waals surface area contributed by atoms with E-state index in [0.717, 1.165) is 32.2 Å². The molecule has 1 aliphatic rings. The summed E-state index contributed by atoms with van der Waals surface area (Å²) in [5.41, 5.74) is 0. The molecule has 1 aliphatic heterocycles. The van der Waals surface area contributed by atoms with Gasteiger partial charge in [-0.25, -0.2) is 4.79 Å². The summed E-state index contributed by atoms with van der Waals surface area (Å²) >= 11 is 0. The molecule has 1 rings (SSSR count). The molecule has 0 aromatic rings. The summed E-state index contributed by atoms with van der Waals surface area (Å²) in [7, 11) is 0. The number of carboxylic acid groups (broad SMARTS) is 1. The second-order valence-electron chi connectivity index (χ2n) is 3.41. The van der Waals surface area contributed by atoms with Crippen molar-refractivity contribution in [3.05, 3.63) is 12.3 Å². The van der Waals surface area contributed by atoms with Crippen molar-refractivity contribution in [1.82, 2.24) is 4.90 Å². The van der Waals surface area contributed by atoms with Crippen molar-refractivity contribution in [2.75, 3.05) is 6.54 Å². The first kappa shape index (κ1) is 10.1. The number of aliphatic carboxylic acids is 1. The number of carboxylic acids is 1. The Kier molecular flexibility index (Phi) is 3.80. The highest BCUT2D eigenvalue weighted by Crippen LogP contribution is 2.14. The van der Waals surface area contributed by atoms with Gasteiger partial charge in [0.1, 0.15) is 6.04 Å². The molecule has 0 fully saturated rings. The Bertz CT molecular complexity index is 201. The molecule has 1 N–H and O–H groups in total. The summed E-state index contributed by atoms with van der Waals surface area (Å²) < 4.78 is 0. The molecule has 74 valence electrons. The van der Waals surface area contributed by atoms with Gasteiger partial charge in [0.2, 0.25) is 0 Å². The van der Waals surface area contributed by atoms with Gasteiger partial charge in [-0.2, -0.15) is 0 Å². The summed E-state index contributed by atoms with van der Waals surface area (Å²) in [4.78, 5) is 12.8. The molecule has 1 unspecified atom stereocenters. The summed E-state index contributed by atoms with van der Waals surface area (Å²) in [5.74, 6) is -0.694. The van der Waals surface area contributed by atoms with Crippen LogP contribution in [-0.2, 0) is 4.79 Å². The summed E-state index contributed by atoms with van der Waals surface area (Å²) in [6, 6.07) is -0.307. The Labute approximate surface area is 79.0 Å². The van der Waals surface area contributed by atoms with Gasteiger partial charge in [-0.05, 0) is 19.0 Å². The van der Waals surface area contributed by atoms with Crippen LogP contribution in [0.3, 0.4) is 0 Å². The van der Waals surface area contributed by atoms with Crippen LogP contribution in [-0.4, -0.2) is 28.6 Å². The number of carbonyl (C=O) groups is 1. The lowest BCUT2D eigenvalue weighted by Crippen LogP contribution is -2.36. The first-order valence-corrected chi connectivity index (χ1v) is 4.91. The van der Waals surface area contributed by atoms with E-state index in [4.69, 9.17) is 5.11 Å². The van der Waals surface area contributed by atoms with Crippen LogP contribution in [0.2, 0.25) is 0 Å². The summed E-state index contributed by atoms with van der Waals surface area (Å²) in [6.45, 7) is 2.94. The standard InChI is InChI=1S/C10H17NO2/c1-2-3-6-9(10(12)13)11-7-4-5-8-11/h4,7,9H,2-3,5-6,8H2,1H3,(H,12,13). The molecule has 0 spiro atoms. The molecule has 1 atom stereocenters. The van der Waals surface area contributed by atoms with Crippen LogP contribution < -0.4 is 0 Å². The fourth-order valence-electron chi connectivity index (χ4n) is 1.60. The van der Waals surface area contributed by atoms with Crippen molar-refractivity contribution in [1.29, 1.82) is 0 Å². The van der Waals surface area contributed by atoms with E-state index in [9.17, 15) is 4.79 Å². The lowest BCUT2D eigenvalue weighted by Gasteiger charge is -2.23. The van der Waals surface area contributed by atoms with E-state index in [1.165, 1.54) is 0 Å². The Morgan fingerprint density at radius 3 is 2.92 bits per heavy atom. The van der Waals surface area contributed by atoms with Gasteiger partial charge in [-0.3, -0.25) is 0 Å². The van der Waals surface area contributed by atoms with E-state index in [2.05, 4.69) is 6.92 Å². The van der Waals surface area contributed by atoms with Crippen molar-refractivity contribution in [3.63, 3.8) is 0 Å². The Morgan fingerprint density at radius 1 is 1.69 bits per heavy atom. The quantitative estimate of drug-likeness (QED) is 0.707. The number of unbranched alkanes of at least 4 members (excludes halogenated alkanes) is 1. The van der Waals surface area contributed by atoms with Gasteiger partial charge < -0.3 is 10.0 Å². The fourth-order valence-corrected chi connectivity index (χ4v) is 1.60. The van der Waals surface area contributed by atoms with Crippen molar-refractivity contribution in [2.24, 2.45) is 0 Å². The Morgan fingerprint density at radius 2 is 2.46 bits per heavy atom. The number of hydrogen-bond acceptors (Lipinski definition) is 2. The minimum absolute atomic E-state index is 0.307. The van der Waals surface area contributed by atoms with Gasteiger partial charge >= 0.3 is 5.97 Å². The lowest BCUT2D eigenvalue weighted by molar-refractivity contribution is -0.142. The number of rotatable bonds is 5. The maximum absolute atomic E-state index is 10.9. The summed E-state index contributed by atoms with van der Waals surface area (Å²) in [5, 5.41) is 8.98. The van der Waals surface area contributed by atoms with Crippen LogP contribution in [0.5, 0.6) is 0 Å². The molecule has 0 aromatic carbocycles. The average molecular weight is 183 g/mol. The zero-order valence-corrected chi connectivity index (χ0v) is 8.07. The number of nitrogens with zero attached hydrogens (tertiary/aromatic N) is 1. The van der Waals surface area contributed by atoms with Crippen LogP contribution in [0.15, 0.2) is 12.3 Å². The zero-order chi connectivity index (χ0) is 9.68. The highest BCUT2D eigenvalue weighted by molar-refractivity contribution is 5.73. The topological polar surface area (TPSA) is 40.5 Å². The molecule has 0 aromatic heterocycles. The average Bonchev–Trinajstić information content (AvgIpc) is 2.57. The molecular weight excluding hydrogens is 166 g/mol. The van der Waals surface area contributed by atoms with Crippen LogP contribution >= 0.6 is 0 Å². The van der Waals surface area contributed by atoms with Crippen LogP contribution in [0.25, 0.3) is 0 Å². The van der Waals surface area contributed by atoms with E-state index in [1.54, 1.807) is 0 Å². The van der Waals surface area contributed by atoms with Gasteiger partial charge in [0.05, 0.1) is 0 Å². The smallest absolute Gasteiger partial charge is 0.326 e. The summed E-state index contributed by atoms with van der Waals surface area (Å²) in [6.07, 6.45) is 7.73. The monoisotopic (exact) mass is 183 g/mol. The molecule has 0 bridgehead atoms. The third-order valence-corrected chi connectivity index (χ3v) is 2.37. The van der Waals surface area contributed by atoms with Crippen molar-refractivity contribution >= 4 is 5.97 Å². The molecule has 0 radical (unpaired) electrons. The minimum Gasteiger partial charge on any atom is -0.480 e. The van der Waals surface area contributed by atoms with Crippen molar-refractivity contribution in [2.45, 2.75) is 38.6 Å². The Hall–Kier alpha value is -0.990. The highest BCUT2D eigenvalue weighted by atomic mass is 16.4. The molecule has 3 nitrogen and oxygen atoms in total. The fraction of sp³-hybridized carbons (Fsp3) is 0.700. The molecule has 13 heavy (non-hydrogen) atoms. The van der Waals surface area contributed by atoms with E-state index < -0.39 is 5.97 Å². The van der Waals surface area contributed by atoms with Gasteiger partial charge in [0.15, 0.2) is 0 Å². The molecule has 0 aliphatic carbocycles. The largest absolute Gasteiger partial charge is 0.480 e. The van der Waals surface area contributed by atoms with Crippen LogP contribution in [0.1, 0.15) is 32.6 Å². The maximum Gasteiger partial charge on any atom is 0.326 e. The van der Waals surface area contributed by atoms with Gasteiger partial charge in [-0.15, -0.1) is 0 Å². The zero-order valence-electron chi connectivity index (χ0n) is 8.07. The highest BCUT2D eigenvalue weighted by Gasteiger charge is 2.23. The van der Waals surface area contributed by atoms with Crippen molar-refractivity contribution < 1.29 is 9.90 Å².